The monoisotopic (exact) mass is 220 g/mol. The van der Waals surface area contributed by atoms with E-state index in [0.717, 1.165) is 6.54 Å². The number of aromatic nitrogens is 2. The molecule has 0 atom stereocenters. The molecule has 0 aliphatic rings. The van der Waals surface area contributed by atoms with Crippen molar-refractivity contribution >= 4 is 23.0 Å². The van der Waals surface area contributed by atoms with Gasteiger partial charge in [-0.25, -0.2) is 9.97 Å². The SMILES string of the molecule is Cc1ccsc1CNc1ncc(N)cn1. The van der Waals surface area contributed by atoms with Crippen molar-refractivity contribution in [2.45, 2.75) is 13.5 Å². The Hall–Kier alpha value is -1.62. The molecule has 15 heavy (non-hydrogen) atoms. The van der Waals surface area contributed by atoms with Gasteiger partial charge >= 0.3 is 0 Å². The molecule has 2 aromatic heterocycles. The third-order valence-electron chi connectivity index (χ3n) is 2.05. The molecule has 0 bridgehead atoms. The van der Waals surface area contributed by atoms with Crippen molar-refractivity contribution in [2.24, 2.45) is 0 Å². The minimum absolute atomic E-state index is 0.577. The van der Waals surface area contributed by atoms with Crippen molar-refractivity contribution < 1.29 is 0 Å². The third kappa shape index (κ3) is 2.44. The fourth-order valence-electron chi connectivity index (χ4n) is 1.17. The molecular formula is C10H12N4S. The van der Waals surface area contributed by atoms with Crippen LogP contribution in [-0.2, 0) is 6.54 Å². The second kappa shape index (κ2) is 4.27. The van der Waals surface area contributed by atoms with Gasteiger partial charge < -0.3 is 11.1 Å². The smallest absolute Gasteiger partial charge is 0.223 e. The molecule has 4 nitrogen and oxygen atoms in total. The topological polar surface area (TPSA) is 63.8 Å². The molecule has 0 saturated carbocycles. The van der Waals surface area contributed by atoms with Crippen molar-refractivity contribution in [3.05, 3.63) is 34.3 Å². The number of nitrogens with zero attached hydrogens (tertiary/aromatic N) is 2. The van der Waals surface area contributed by atoms with E-state index in [2.05, 4.69) is 33.7 Å². The van der Waals surface area contributed by atoms with Crippen LogP contribution in [0.1, 0.15) is 10.4 Å². The van der Waals surface area contributed by atoms with Crippen molar-refractivity contribution in [1.29, 1.82) is 0 Å². The van der Waals surface area contributed by atoms with Crippen LogP contribution in [0.2, 0.25) is 0 Å². The Morgan fingerprint density at radius 1 is 1.40 bits per heavy atom. The summed E-state index contributed by atoms with van der Waals surface area (Å²) in [5, 5.41) is 5.23. The number of anilines is 2. The lowest BCUT2D eigenvalue weighted by atomic mass is 10.3. The molecule has 78 valence electrons. The van der Waals surface area contributed by atoms with Gasteiger partial charge in [-0.3, -0.25) is 0 Å². The van der Waals surface area contributed by atoms with Gasteiger partial charge in [0.2, 0.25) is 5.95 Å². The van der Waals surface area contributed by atoms with Crippen molar-refractivity contribution in [2.75, 3.05) is 11.1 Å². The predicted molar refractivity (Wildman–Crippen MR) is 62.8 cm³/mol. The third-order valence-corrected chi connectivity index (χ3v) is 3.07. The lowest BCUT2D eigenvalue weighted by Crippen LogP contribution is -2.03. The van der Waals surface area contributed by atoms with Crippen LogP contribution < -0.4 is 11.1 Å². The Labute approximate surface area is 92.2 Å². The second-order valence-corrected chi connectivity index (χ2v) is 4.22. The fraction of sp³-hybridized carbons (Fsp3) is 0.200. The maximum atomic E-state index is 5.49. The van der Waals surface area contributed by atoms with Crippen LogP contribution in [0, 0.1) is 6.92 Å². The molecule has 0 aliphatic carbocycles. The zero-order chi connectivity index (χ0) is 10.7. The van der Waals surface area contributed by atoms with Crippen LogP contribution in [0.15, 0.2) is 23.8 Å². The molecule has 0 unspecified atom stereocenters. The molecule has 0 aromatic carbocycles. The number of nitrogens with one attached hydrogen (secondary N) is 1. The highest BCUT2D eigenvalue weighted by Crippen LogP contribution is 2.16. The van der Waals surface area contributed by atoms with E-state index >= 15 is 0 Å². The van der Waals surface area contributed by atoms with Crippen LogP contribution in [-0.4, -0.2) is 9.97 Å². The highest BCUT2D eigenvalue weighted by atomic mass is 32.1. The first kappa shape index (κ1) is 9.92. The summed E-state index contributed by atoms with van der Waals surface area (Å²) in [4.78, 5) is 9.43. The van der Waals surface area contributed by atoms with Crippen LogP contribution >= 0.6 is 11.3 Å². The summed E-state index contributed by atoms with van der Waals surface area (Å²) < 4.78 is 0. The Bertz CT molecular complexity index is 435. The summed E-state index contributed by atoms with van der Waals surface area (Å²) in [6.45, 7) is 2.85. The summed E-state index contributed by atoms with van der Waals surface area (Å²) in [5.41, 5.74) is 7.36. The lowest BCUT2D eigenvalue weighted by Gasteiger charge is -2.03. The minimum atomic E-state index is 0.577. The van der Waals surface area contributed by atoms with Crippen molar-refractivity contribution in [3.8, 4) is 0 Å². The largest absolute Gasteiger partial charge is 0.396 e. The molecule has 0 radical (unpaired) electrons. The van der Waals surface area contributed by atoms with E-state index in [0.29, 0.717) is 11.6 Å². The van der Waals surface area contributed by atoms with Crippen LogP contribution in [0.3, 0.4) is 0 Å². The van der Waals surface area contributed by atoms with Gasteiger partial charge in [0.15, 0.2) is 0 Å². The van der Waals surface area contributed by atoms with Crippen LogP contribution in [0.5, 0.6) is 0 Å². The van der Waals surface area contributed by atoms with Gasteiger partial charge in [0.05, 0.1) is 24.6 Å². The Morgan fingerprint density at radius 2 is 2.13 bits per heavy atom. The lowest BCUT2D eigenvalue weighted by molar-refractivity contribution is 1.06. The average molecular weight is 220 g/mol. The Morgan fingerprint density at radius 3 is 2.73 bits per heavy atom. The van der Waals surface area contributed by atoms with Gasteiger partial charge in [-0.05, 0) is 23.9 Å². The fourth-order valence-corrected chi connectivity index (χ4v) is 2.02. The van der Waals surface area contributed by atoms with Crippen LogP contribution in [0.4, 0.5) is 11.6 Å². The van der Waals surface area contributed by atoms with Gasteiger partial charge in [-0.1, -0.05) is 0 Å². The molecule has 3 N–H and O–H groups in total. The van der Waals surface area contributed by atoms with E-state index in [4.69, 9.17) is 5.73 Å². The number of aryl methyl sites for hydroxylation is 1. The number of hydrogen-bond donors (Lipinski definition) is 2. The Balaban J connectivity index is 1.99. The van der Waals surface area contributed by atoms with E-state index in [-0.39, 0.29) is 0 Å². The van der Waals surface area contributed by atoms with E-state index in [1.54, 1.807) is 23.7 Å². The molecule has 0 spiro atoms. The summed E-state index contributed by atoms with van der Waals surface area (Å²) in [5.74, 6) is 0.608. The van der Waals surface area contributed by atoms with Gasteiger partial charge in [-0.2, -0.15) is 0 Å². The summed E-state index contributed by atoms with van der Waals surface area (Å²) >= 11 is 1.73. The zero-order valence-electron chi connectivity index (χ0n) is 8.40. The molecule has 2 heterocycles. The van der Waals surface area contributed by atoms with Crippen molar-refractivity contribution in [1.82, 2.24) is 9.97 Å². The molecule has 0 fully saturated rings. The predicted octanol–water partition coefficient (Wildman–Crippen LogP) is 2.04. The maximum Gasteiger partial charge on any atom is 0.223 e. The molecular weight excluding hydrogens is 208 g/mol. The first-order chi connectivity index (χ1) is 7.25. The number of thiophene rings is 1. The number of nitrogens with two attached hydrogens (primary N) is 1. The van der Waals surface area contributed by atoms with E-state index < -0.39 is 0 Å². The Kier molecular flexibility index (Phi) is 2.82. The summed E-state index contributed by atoms with van der Waals surface area (Å²) in [6, 6.07) is 2.10. The number of nitrogen functional groups attached to an aromatic ring is 1. The van der Waals surface area contributed by atoms with Gasteiger partial charge in [0, 0.05) is 4.88 Å². The van der Waals surface area contributed by atoms with Crippen molar-refractivity contribution in [3.63, 3.8) is 0 Å². The van der Waals surface area contributed by atoms with E-state index in [9.17, 15) is 0 Å². The van der Waals surface area contributed by atoms with E-state index in [1.165, 1.54) is 10.4 Å². The van der Waals surface area contributed by atoms with Gasteiger partial charge in [0.25, 0.3) is 0 Å². The number of rotatable bonds is 3. The zero-order valence-corrected chi connectivity index (χ0v) is 9.21. The van der Waals surface area contributed by atoms with E-state index in [1.807, 2.05) is 0 Å². The highest BCUT2D eigenvalue weighted by molar-refractivity contribution is 7.10. The molecule has 2 aromatic rings. The quantitative estimate of drug-likeness (QED) is 0.830. The normalized spacial score (nSPS) is 10.2. The maximum absolute atomic E-state index is 5.49. The molecule has 0 aliphatic heterocycles. The minimum Gasteiger partial charge on any atom is -0.396 e. The number of hydrogen-bond acceptors (Lipinski definition) is 5. The highest BCUT2D eigenvalue weighted by Gasteiger charge is 2.00. The first-order valence-corrected chi connectivity index (χ1v) is 5.48. The molecule has 2 rings (SSSR count). The summed E-state index contributed by atoms with van der Waals surface area (Å²) in [6.07, 6.45) is 3.19. The molecule has 0 amide bonds. The molecule has 0 saturated heterocycles. The van der Waals surface area contributed by atoms with Crippen LogP contribution in [0.25, 0.3) is 0 Å². The standard InChI is InChI=1S/C10H12N4S/c1-7-2-3-15-9(7)6-14-10-12-4-8(11)5-13-10/h2-5H,6,11H2,1H3,(H,12,13,14). The second-order valence-electron chi connectivity index (χ2n) is 3.22. The van der Waals surface area contributed by atoms with Gasteiger partial charge in [0.1, 0.15) is 0 Å². The average Bonchev–Trinajstić information content (AvgIpc) is 2.63. The summed E-state index contributed by atoms with van der Waals surface area (Å²) in [7, 11) is 0. The molecule has 5 heteroatoms. The van der Waals surface area contributed by atoms with Gasteiger partial charge in [-0.15, -0.1) is 11.3 Å². The first-order valence-electron chi connectivity index (χ1n) is 4.60.